The molecule has 108 valence electrons. The van der Waals surface area contributed by atoms with E-state index < -0.39 is 11.9 Å². The highest BCUT2D eigenvalue weighted by Gasteiger charge is 2.12. The molecule has 0 heterocycles. The number of carbonyl (C=O) groups excluding carboxylic acids is 2. The van der Waals surface area contributed by atoms with Crippen LogP contribution < -0.4 is 11.5 Å². The Kier molecular flexibility index (Phi) is 4.45. The smallest absolute Gasteiger partial charge is 0.339 e. The summed E-state index contributed by atoms with van der Waals surface area (Å²) in [7, 11) is 0. The van der Waals surface area contributed by atoms with Crippen molar-refractivity contribution in [1.82, 2.24) is 0 Å². The van der Waals surface area contributed by atoms with Crippen molar-refractivity contribution in [2.45, 2.75) is 6.61 Å². The lowest BCUT2D eigenvalue weighted by Crippen LogP contribution is -2.11. The van der Waals surface area contributed by atoms with E-state index in [1.807, 2.05) is 0 Å². The number of halogens is 1. The molecule has 6 heteroatoms. The maximum atomic E-state index is 11.9. The van der Waals surface area contributed by atoms with Crippen LogP contribution in [0.2, 0.25) is 5.02 Å². The van der Waals surface area contributed by atoms with Crippen LogP contribution in [0, 0.1) is 0 Å². The second-order valence-corrected chi connectivity index (χ2v) is 4.78. The molecule has 0 aliphatic heterocycles. The second-order valence-electron chi connectivity index (χ2n) is 4.38. The number of esters is 1. The van der Waals surface area contributed by atoms with Crippen molar-refractivity contribution < 1.29 is 14.3 Å². The van der Waals surface area contributed by atoms with E-state index >= 15 is 0 Å². The summed E-state index contributed by atoms with van der Waals surface area (Å²) < 4.78 is 5.15. The molecule has 0 spiro atoms. The van der Waals surface area contributed by atoms with Crippen molar-refractivity contribution in [1.29, 1.82) is 0 Å². The van der Waals surface area contributed by atoms with Gasteiger partial charge in [-0.25, -0.2) is 4.79 Å². The third-order valence-electron chi connectivity index (χ3n) is 2.82. The van der Waals surface area contributed by atoms with E-state index in [4.69, 9.17) is 27.8 Å². The van der Waals surface area contributed by atoms with Crippen molar-refractivity contribution in [2.24, 2.45) is 5.73 Å². The number of amides is 1. The van der Waals surface area contributed by atoms with Crippen LogP contribution in [0.15, 0.2) is 42.5 Å². The van der Waals surface area contributed by atoms with Crippen LogP contribution in [0.1, 0.15) is 26.3 Å². The summed E-state index contributed by atoms with van der Waals surface area (Å²) in [6.07, 6.45) is 0. The lowest BCUT2D eigenvalue weighted by atomic mass is 10.1. The fourth-order valence-electron chi connectivity index (χ4n) is 1.69. The number of benzene rings is 2. The normalized spacial score (nSPS) is 10.1. The van der Waals surface area contributed by atoms with E-state index in [0.29, 0.717) is 11.3 Å². The summed E-state index contributed by atoms with van der Waals surface area (Å²) in [5, 5.41) is 0.240. The Morgan fingerprint density at radius 1 is 1.10 bits per heavy atom. The monoisotopic (exact) mass is 304 g/mol. The van der Waals surface area contributed by atoms with Crippen LogP contribution in [0.5, 0.6) is 0 Å². The van der Waals surface area contributed by atoms with Crippen LogP contribution in [0.4, 0.5) is 5.69 Å². The van der Waals surface area contributed by atoms with Gasteiger partial charge in [-0.3, -0.25) is 4.79 Å². The van der Waals surface area contributed by atoms with E-state index in [9.17, 15) is 9.59 Å². The summed E-state index contributed by atoms with van der Waals surface area (Å²) in [4.78, 5) is 22.8. The van der Waals surface area contributed by atoms with Gasteiger partial charge in [0.05, 0.1) is 10.6 Å². The number of carbonyl (C=O) groups is 2. The highest BCUT2D eigenvalue weighted by atomic mass is 35.5. The molecule has 0 fully saturated rings. The SMILES string of the molecule is NC(=O)c1ccc(COC(=O)c2ccc(N)cc2Cl)cc1. The van der Waals surface area contributed by atoms with Gasteiger partial charge in [0.2, 0.25) is 5.91 Å². The van der Waals surface area contributed by atoms with Crippen LogP contribution in [-0.2, 0) is 11.3 Å². The van der Waals surface area contributed by atoms with Crippen LogP contribution in [0.3, 0.4) is 0 Å². The average molecular weight is 305 g/mol. The molecular weight excluding hydrogens is 292 g/mol. The molecule has 2 aromatic carbocycles. The molecule has 0 saturated carbocycles. The van der Waals surface area contributed by atoms with E-state index in [0.717, 1.165) is 5.56 Å². The van der Waals surface area contributed by atoms with Gasteiger partial charge in [0, 0.05) is 11.3 Å². The molecular formula is C15H13ClN2O3. The first-order valence-corrected chi connectivity index (χ1v) is 6.46. The first-order chi connectivity index (χ1) is 9.97. The van der Waals surface area contributed by atoms with E-state index in [-0.39, 0.29) is 17.2 Å². The second kappa shape index (κ2) is 6.28. The fraction of sp³-hybridized carbons (Fsp3) is 0.0667. The highest BCUT2D eigenvalue weighted by molar-refractivity contribution is 6.33. The minimum absolute atomic E-state index is 0.0680. The van der Waals surface area contributed by atoms with Crippen molar-refractivity contribution in [3.63, 3.8) is 0 Å². The molecule has 0 bridgehead atoms. The van der Waals surface area contributed by atoms with Gasteiger partial charge in [-0.1, -0.05) is 23.7 Å². The van der Waals surface area contributed by atoms with Gasteiger partial charge < -0.3 is 16.2 Å². The van der Waals surface area contributed by atoms with Gasteiger partial charge in [0.15, 0.2) is 0 Å². The zero-order valence-corrected chi connectivity index (χ0v) is 11.8. The van der Waals surface area contributed by atoms with E-state index in [1.165, 1.54) is 12.1 Å². The van der Waals surface area contributed by atoms with Crippen molar-refractivity contribution >= 4 is 29.2 Å². The molecule has 1 amide bonds. The zero-order valence-electron chi connectivity index (χ0n) is 11.0. The first-order valence-electron chi connectivity index (χ1n) is 6.08. The first kappa shape index (κ1) is 14.9. The van der Waals surface area contributed by atoms with Crippen molar-refractivity contribution in [2.75, 3.05) is 5.73 Å². The number of hydrogen-bond donors (Lipinski definition) is 2. The number of anilines is 1. The molecule has 0 aliphatic carbocycles. The number of hydrogen-bond acceptors (Lipinski definition) is 4. The number of rotatable bonds is 4. The zero-order chi connectivity index (χ0) is 15.4. The Bertz CT molecular complexity index is 684. The van der Waals surface area contributed by atoms with Gasteiger partial charge in [0.25, 0.3) is 0 Å². The molecule has 2 aromatic rings. The topological polar surface area (TPSA) is 95.4 Å². The van der Waals surface area contributed by atoms with Gasteiger partial charge in [0.1, 0.15) is 6.61 Å². The molecule has 21 heavy (non-hydrogen) atoms. The quantitative estimate of drug-likeness (QED) is 0.669. The largest absolute Gasteiger partial charge is 0.457 e. The minimum Gasteiger partial charge on any atom is -0.457 e. The molecule has 0 atom stereocenters. The summed E-state index contributed by atoms with van der Waals surface area (Å²) >= 11 is 5.93. The van der Waals surface area contributed by atoms with Crippen molar-refractivity contribution in [3.8, 4) is 0 Å². The third-order valence-corrected chi connectivity index (χ3v) is 3.13. The van der Waals surface area contributed by atoms with Crippen LogP contribution in [0.25, 0.3) is 0 Å². The average Bonchev–Trinajstić information content (AvgIpc) is 2.45. The fourth-order valence-corrected chi connectivity index (χ4v) is 1.95. The van der Waals surface area contributed by atoms with Crippen LogP contribution in [-0.4, -0.2) is 11.9 Å². The maximum absolute atomic E-state index is 11.9. The molecule has 5 nitrogen and oxygen atoms in total. The van der Waals surface area contributed by atoms with Crippen molar-refractivity contribution in [3.05, 3.63) is 64.2 Å². The molecule has 0 unspecified atom stereocenters. The maximum Gasteiger partial charge on any atom is 0.339 e. The molecule has 2 rings (SSSR count). The standard InChI is InChI=1S/C15H13ClN2O3/c16-13-7-11(17)5-6-12(13)15(20)21-8-9-1-3-10(4-2-9)14(18)19/h1-7H,8,17H2,(H2,18,19). The predicted molar refractivity (Wildman–Crippen MR) is 79.9 cm³/mol. The predicted octanol–water partition coefficient (Wildman–Crippen LogP) is 2.38. The Morgan fingerprint density at radius 2 is 1.76 bits per heavy atom. The Morgan fingerprint density at radius 3 is 2.33 bits per heavy atom. The van der Waals surface area contributed by atoms with E-state index in [1.54, 1.807) is 30.3 Å². The third kappa shape index (κ3) is 3.73. The summed E-state index contributed by atoms with van der Waals surface area (Å²) in [6, 6.07) is 11.0. The Balaban J connectivity index is 2.02. The van der Waals surface area contributed by atoms with Gasteiger partial charge in [-0.2, -0.15) is 0 Å². The molecule has 4 N–H and O–H groups in total. The van der Waals surface area contributed by atoms with Gasteiger partial charge >= 0.3 is 5.97 Å². The Labute approximate surface area is 126 Å². The molecule has 0 saturated heterocycles. The lowest BCUT2D eigenvalue weighted by molar-refractivity contribution is 0.0472. The molecule has 0 radical (unpaired) electrons. The highest BCUT2D eigenvalue weighted by Crippen LogP contribution is 2.20. The molecule has 0 aromatic heterocycles. The lowest BCUT2D eigenvalue weighted by Gasteiger charge is -2.07. The number of nitrogen functional groups attached to an aromatic ring is 1. The minimum atomic E-state index is -0.543. The molecule has 0 aliphatic rings. The van der Waals surface area contributed by atoms with Gasteiger partial charge in [-0.05, 0) is 35.9 Å². The summed E-state index contributed by atoms with van der Waals surface area (Å²) in [6.45, 7) is 0.0680. The summed E-state index contributed by atoms with van der Waals surface area (Å²) in [5.74, 6) is -1.05. The number of primary amides is 1. The summed E-state index contributed by atoms with van der Waals surface area (Å²) in [5.41, 5.74) is 12.6. The van der Waals surface area contributed by atoms with E-state index in [2.05, 4.69) is 0 Å². The van der Waals surface area contributed by atoms with Crippen LogP contribution >= 0.6 is 11.6 Å². The van der Waals surface area contributed by atoms with Gasteiger partial charge in [-0.15, -0.1) is 0 Å². The number of ether oxygens (including phenoxy) is 1. The number of nitrogens with two attached hydrogens (primary N) is 2. The Hall–Kier alpha value is -2.53.